The molecule has 3 rings (SSSR count). The number of esters is 1. The van der Waals surface area contributed by atoms with E-state index in [1.165, 1.54) is 5.56 Å². The largest absolute Gasteiger partial charge is 0.476 e. The molecule has 0 aliphatic carbocycles. The molecule has 1 heterocycles. The van der Waals surface area contributed by atoms with Crippen LogP contribution in [-0.2, 0) is 22.6 Å². The number of rotatable bonds is 8. The van der Waals surface area contributed by atoms with Gasteiger partial charge in [-0.25, -0.2) is 4.79 Å². The molecule has 1 aromatic heterocycles. The Bertz CT molecular complexity index is 931. The number of hydrogen-bond acceptors (Lipinski definition) is 4. The molecule has 0 bridgehead atoms. The lowest BCUT2D eigenvalue weighted by atomic mass is 10.0. The van der Waals surface area contributed by atoms with E-state index in [1.807, 2.05) is 67.6 Å². The summed E-state index contributed by atoms with van der Waals surface area (Å²) < 4.78 is 11.5. The predicted molar refractivity (Wildman–Crippen MR) is 121 cm³/mol. The van der Waals surface area contributed by atoms with E-state index < -0.39 is 11.6 Å². The number of carbonyl (C=O) groups is 1. The maximum Gasteiger partial charge on any atom is 0.350 e. The molecule has 0 spiro atoms. The molecule has 3 aromatic rings. The second-order valence-corrected chi connectivity index (χ2v) is 7.51. The van der Waals surface area contributed by atoms with Gasteiger partial charge in [-0.3, -0.25) is 4.98 Å². The van der Waals surface area contributed by atoms with Gasteiger partial charge in [-0.1, -0.05) is 48.9 Å². The average Bonchev–Trinajstić information content (AvgIpc) is 2.75. The van der Waals surface area contributed by atoms with Gasteiger partial charge in [-0.05, 0) is 61.2 Å². The lowest BCUT2D eigenvalue weighted by Crippen LogP contribution is -2.42. The molecule has 2 aromatic carbocycles. The van der Waals surface area contributed by atoms with Crippen molar-refractivity contribution in [2.45, 2.75) is 38.9 Å². The van der Waals surface area contributed by atoms with Crippen LogP contribution in [0.2, 0.25) is 5.02 Å². The molecule has 0 saturated heterocycles. The minimum atomic E-state index is -1.06. The van der Waals surface area contributed by atoms with Gasteiger partial charge in [-0.2, -0.15) is 0 Å². The van der Waals surface area contributed by atoms with Crippen LogP contribution in [0.1, 0.15) is 37.0 Å². The Kier molecular flexibility index (Phi) is 8.70. The van der Waals surface area contributed by atoms with Gasteiger partial charge in [0.15, 0.2) is 0 Å². The Morgan fingerprint density at radius 1 is 1.00 bits per heavy atom. The highest BCUT2D eigenvalue weighted by molar-refractivity contribution is 6.30. The van der Waals surface area contributed by atoms with Gasteiger partial charge < -0.3 is 9.47 Å². The third-order valence-corrected chi connectivity index (χ3v) is 5.04. The van der Waals surface area contributed by atoms with E-state index in [9.17, 15) is 4.79 Å². The Hall–Kier alpha value is -2.56. The van der Waals surface area contributed by atoms with Crippen molar-refractivity contribution in [3.63, 3.8) is 0 Å². The molecule has 0 amide bonds. The van der Waals surface area contributed by atoms with Crippen molar-refractivity contribution in [2.24, 2.45) is 0 Å². The van der Waals surface area contributed by atoms with Gasteiger partial charge in [0.25, 0.3) is 0 Å². The van der Waals surface area contributed by atoms with E-state index in [4.69, 9.17) is 21.1 Å². The van der Waals surface area contributed by atoms with E-state index in [2.05, 4.69) is 4.98 Å². The first-order chi connectivity index (χ1) is 14.0. The Balaban J connectivity index is 0.00000320. The maximum absolute atomic E-state index is 12.6. The molecule has 0 unspecified atom stereocenters. The smallest absolute Gasteiger partial charge is 0.350 e. The van der Waals surface area contributed by atoms with Crippen LogP contribution < -0.4 is 4.74 Å². The number of ether oxygens (including phenoxy) is 2. The van der Waals surface area contributed by atoms with Crippen molar-refractivity contribution in [2.75, 3.05) is 0 Å². The molecule has 158 valence electrons. The van der Waals surface area contributed by atoms with Crippen molar-refractivity contribution in [1.29, 1.82) is 0 Å². The molecule has 0 N–H and O–H groups in total. The van der Waals surface area contributed by atoms with Crippen LogP contribution in [0, 0.1) is 0 Å². The molecule has 0 radical (unpaired) electrons. The number of benzene rings is 2. The van der Waals surface area contributed by atoms with E-state index in [1.54, 1.807) is 19.3 Å². The molecule has 0 fully saturated rings. The van der Waals surface area contributed by atoms with Crippen molar-refractivity contribution in [3.8, 4) is 5.75 Å². The summed E-state index contributed by atoms with van der Waals surface area (Å²) >= 11 is 5.94. The van der Waals surface area contributed by atoms with Crippen LogP contribution in [0.25, 0.3) is 0 Å². The number of pyridine rings is 1. The van der Waals surface area contributed by atoms with Crippen LogP contribution in [0.5, 0.6) is 5.75 Å². The van der Waals surface area contributed by atoms with Crippen molar-refractivity contribution in [1.82, 2.24) is 4.98 Å². The number of halogens is 2. The molecular formula is C24H25Cl2NO3. The number of aromatic nitrogens is 1. The summed E-state index contributed by atoms with van der Waals surface area (Å²) in [7, 11) is 0. The second kappa shape index (κ2) is 11.0. The highest BCUT2D eigenvalue weighted by atomic mass is 35.5. The summed E-state index contributed by atoms with van der Waals surface area (Å²) in [4.78, 5) is 16.7. The van der Waals surface area contributed by atoms with Crippen molar-refractivity contribution in [3.05, 3.63) is 94.8 Å². The molecule has 1 atom stereocenters. The average molecular weight is 446 g/mol. The van der Waals surface area contributed by atoms with Crippen LogP contribution in [0.15, 0.2) is 73.1 Å². The third kappa shape index (κ3) is 6.48. The fraction of sp³-hybridized carbons (Fsp3) is 0.250. The topological polar surface area (TPSA) is 48.4 Å². The summed E-state index contributed by atoms with van der Waals surface area (Å²) in [6, 6.07) is 19.2. The van der Waals surface area contributed by atoms with Gasteiger partial charge in [0.1, 0.15) is 12.4 Å². The van der Waals surface area contributed by atoms with Crippen LogP contribution >= 0.6 is 24.0 Å². The number of hydrogen-bond donors (Lipinski definition) is 0. The fourth-order valence-corrected chi connectivity index (χ4v) is 2.94. The van der Waals surface area contributed by atoms with E-state index >= 15 is 0 Å². The zero-order valence-corrected chi connectivity index (χ0v) is 18.6. The summed E-state index contributed by atoms with van der Waals surface area (Å²) in [5, 5.41) is 0.728. The maximum atomic E-state index is 12.6. The van der Waals surface area contributed by atoms with Gasteiger partial charge in [0, 0.05) is 23.0 Å². The lowest BCUT2D eigenvalue weighted by molar-refractivity contribution is -0.162. The van der Waals surface area contributed by atoms with Crippen LogP contribution in [-0.4, -0.2) is 16.6 Å². The lowest BCUT2D eigenvalue weighted by Gasteiger charge is -2.27. The molecule has 0 aliphatic heterocycles. The van der Waals surface area contributed by atoms with Crippen molar-refractivity contribution >= 4 is 30.0 Å². The molecule has 6 heteroatoms. The molecule has 4 nitrogen and oxygen atoms in total. The van der Waals surface area contributed by atoms with E-state index in [0.29, 0.717) is 12.2 Å². The van der Waals surface area contributed by atoms with E-state index in [-0.39, 0.29) is 19.0 Å². The predicted octanol–water partition coefficient (Wildman–Crippen LogP) is 6.04. The second-order valence-electron chi connectivity index (χ2n) is 7.07. The first-order valence-corrected chi connectivity index (χ1v) is 9.95. The fourth-order valence-electron chi connectivity index (χ4n) is 2.82. The Morgan fingerprint density at radius 2 is 1.63 bits per heavy atom. The number of carbonyl (C=O) groups excluding carboxylic acids is 1. The summed E-state index contributed by atoms with van der Waals surface area (Å²) in [6.07, 6.45) is 4.65. The Morgan fingerprint density at radius 3 is 2.20 bits per heavy atom. The first-order valence-electron chi connectivity index (χ1n) is 9.57. The zero-order valence-electron chi connectivity index (χ0n) is 17.0. The summed E-state index contributed by atoms with van der Waals surface area (Å²) in [5.74, 6) is 0.238. The molecular weight excluding hydrogens is 421 g/mol. The highest BCUT2D eigenvalue weighted by Gasteiger charge is 2.35. The quantitative estimate of drug-likeness (QED) is 0.396. The van der Waals surface area contributed by atoms with Crippen LogP contribution in [0.4, 0.5) is 0 Å². The highest BCUT2D eigenvalue weighted by Crippen LogP contribution is 2.24. The van der Waals surface area contributed by atoms with Crippen LogP contribution in [0.3, 0.4) is 0 Å². The monoisotopic (exact) mass is 445 g/mol. The summed E-state index contributed by atoms with van der Waals surface area (Å²) in [5.41, 5.74) is 2.11. The SMILES string of the molecule is CC[C@](C)(Oc1ccc(Cc2ccc(Cl)cc2)cc1)C(=O)OCc1cccnc1.Cl. The third-order valence-electron chi connectivity index (χ3n) is 4.79. The van der Waals surface area contributed by atoms with Gasteiger partial charge in [-0.15, -0.1) is 12.4 Å². The van der Waals surface area contributed by atoms with E-state index in [0.717, 1.165) is 22.6 Å². The first kappa shape index (κ1) is 23.7. The normalized spacial score (nSPS) is 12.4. The van der Waals surface area contributed by atoms with Gasteiger partial charge in [0.05, 0.1) is 0 Å². The Labute approximate surface area is 188 Å². The van der Waals surface area contributed by atoms with Gasteiger partial charge >= 0.3 is 5.97 Å². The zero-order chi connectivity index (χ0) is 20.7. The molecule has 0 saturated carbocycles. The number of nitrogens with zero attached hydrogens (tertiary/aromatic N) is 1. The molecule has 0 aliphatic rings. The minimum Gasteiger partial charge on any atom is -0.476 e. The van der Waals surface area contributed by atoms with Crippen molar-refractivity contribution < 1.29 is 14.3 Å². The van der Waals surface area contributed by atoms with Gasteiger partial charge in [0.2, 0.25) is 5.60 Å². The molecule has 30 heavy (non-hydrogen) atoms. The minimum absolute atomic E-state index is 0. The standard InChI is InChI=1S/C24H24ClNO3.ClH/c1-3-24(2,23(27)28-17-20-5-4-14-26-16-20)29-22-12-8-19(9-13-22)15-18-6-10-21(25)11-7-18;/h4-14,16H,3,15,17H2,1-2H3;1H/t24-;/m0./s1. The summed E-state index contributed by atoms with van der Waals surface area (Å²) in [6.45, 7) is 3.83.